The topological polar surface area (TPSA) is 46.2 Å². The van der Waals surface area contributed by atoms with Gasteiger partial charge in [-0.2, -0.15) is 0 Å². The minimum atomic E-state index is -0.160. The smallest absolute Gasteiger partial charge is 0.136 e. The van der Waals surface area contributed by atoms with Gasteiger partial charge in [0, 0.05) is 16.6 Å². The zero-order chi connectivity index (χ0) is 11.7. The van der Waals surface area contributed by atoms with E-state index in [2.05, 4.69) is 15.9 Å². The summed E-state index contributed by atoms with van der Waals surface area (Å²) in [5.41, 5.74) is 6.89. The summed E-state index contributed by atoms with van der Waals surface area (Å²) in [6.07, 6.45) is 4.71. The first-order chi connectivity index (χ1) is 7.61. The van der Waals surface area contributed by atoms with Crippen LogP contribution in [0.2, 0.25) is 5.02 Å². The summed E-state index contributed by atoms with van der Waals surface area (Å²) >= 11 is 9.41. The molecule has 1 aliphatic carbocycles. The van der Waals surface area contributed by atoms with Crippen molar-refractivity contribution >= 4 is 39.9 Å². The number of nitrogens with two attached hydrogens (primary N) is 1. The zero-order valence-corrected chi connectivity index (χ0v) is 12.5. The first-order valence-electron chi connectivity index (χ1n) is 5.53. The predicted molar refractivity (Wildman–Crippen MR) is 77.0 cm³/mol. The van der Waals surface area contributed by atoms with Gasteiger partial charge in [0.05, 0.1) is 4.47 Å². The molecule has 1 aliphatic rings. The Morgan fingerprint density at radius 3 is 2.53 bits per heavy atom. The number of halogens is 3. The van der Waals surface area contributed by atoms with E-state index in [-0.39, 0.29) is 24.2 Å². The molecule has 1 aromatic carbocycles. The van der Waals surface area contributed by atoms with Crippen LogP contribution in [0.4, 0.5) is 0 Å². The molecule has 0 aromatic heterocycles. The average Bonchev–Trinajstić information content (AvgIpc) is 2.77. The van der Waals surface area contributed by atoms with Gasteiger partial charge in [-0.3, -0.25) is 0 Å². The van der Waals surface area contributed by atoms with E-state index in [1.807, 2.05) is 0 Å². The largest absolute Gasteiger partial charge is 0.506 e. The molecule has 2 nitrogen and oxygen atoms in total. The first kappa shape index (κ1) is 15.1. The van der Waals surface area contributed by atoms with Crippen LogP contribution in [0.1, 0.15) is 37.3 Å². The van der Waals surface area contributed by atoms with Gasteiger partial charge in [-0.1, -0.05) is 24.4 Å². The molecule has 0 bridgehead atoms. The molecule has 1 fully saturated rings. The number of aromatic hydroxyl groups is 1. The van der Waals surface area contributed by atoms with E-state index in [9.17, 15) is 5.11 Å². The molecule has 0 amide bonds. The quantitative estimate of drug-likeness (QED) is 0.837. The molecular formula is C12H16BrCl2NO. The normalized spacial score (nSPS) is 17.8. The monoisotopic (exact) mass is 339 g/mol. The lowest BCUT2D eigenvalue weighted by Crippen LogP contribution is -2.19. The van der Waals surface area contributed by atoms with Crippen molar-refractivity contribution in [3.8, 4) is 5.75 Å². The molecule has 17 heavy (non-hydrogen) atoms. The molecule has 2 rings (SSSR count). The number of rotatable bonds is 2. The average molecular weight is 341 g/mol. The predicted octanol–water partition coefficient (Wildman–Crippen LogP) is 4.42. The van der Waals surface area contributed by atoms with Gasteiger partial charge in [0.15, 0.2) is 0 Å². The van der Waals surface area contributed by atoms with E-state index in [0.29, 0.717) is 21.0 Å². The number of phenols is 1. The van der Waals surface area contributed by atoms with Gasteiger partial charge < -0.3 is 10.8 Å². The maximum absolute atomic E-state index is 10.00. The van der Waals surface area contributed by atoms with Crippen molar-refractivity contribution in [2.75, 3.05) is 0 Å². The zero-order valence-electron chi connectivity index (χ0n) is 9.33. The Morgan fingerprint density at radius 2 is 1.94 bits per heavy atom. The van der Waals surface area contributed by atoms with Crippen LogP contribution in [-0.4, -0.2) is 5.11 Å². The summed E-state index contributed by atoms with van der Waals surface area (Å²) in [5.74, 6) is 0.629. The highest BCUT2D eigenvalue weighted by atomic mass is 79.9. The van der Waals surface area contributed by atoms with Crippen molar-refractivity contribution in [2.45, 2.75) is 31.7 Å². The Bertz CT molecular complexity index is 394. The van der Waals surface area contributed by atoms with Crippen molar-refractivity contribution in [1.29, 1.82) is 0 Å². The third-order valence-corrected chi connectivity index (χ3v) is 4.33. The molecule has 0 saturated heterocycles. The van der Waals surface area contributed by atoms with Gasteiger partial charge in [-0.05, 0) is 46.8 Å². The number of hydrogen-bond donors (Lipinski definition) is 2. The molecule has 0 aliphatic heterocycles. The summed E-state index contributed by atoms with van der Waals surface area (Å²) in [5, 5.41) is 10.6. The fourth-order valence-corrected chi connectivity index (χ4v) is 3.05. The van der Waals surface area contributed by atoms with Crippen molar-refractivity contribution in [3.05, 3.63) is 27.2 Å². The highest BCUT2D eigenvalue weighted by molar-refractivity contribution is 9.10. The molecule has 5 heteroatoms. The molecule has 1 saturated carbocycles. The second-order valence-electron chi connectivity index (χ2n) is 4.36. The van der Waals surface area contributed by atoms with Gasteiger partial charge >= 0.3 is 0 Å². The molecule has 96 valence electrons. The van der Waals surface area contributed by atoms with Crippen LogP contribution in [0.15, 0.2) is 16.6 Å². The lowest BCUT2D eigenvalue weighted by Gasteiger charge is -2.21. The maximum Gasteiger partial charge on any atom is 0.136 e. The van der Waals surface area contributed by atoms with E-state index in [0.717, 1.165) is 12.8 Å². The van der Waals surface area contributed by atoms with Crippen molar-refractivity contribution < 1.29 is 5.11 Å². The fraction of sp³-hybridized carbons (Fsp3) is 0.500. The third kappa shape index (κ3) is 3.08. The van der Waals surface area contributed by atoms with Gasteiger partial charge in [0.1, 0.15) is 5.75 Å². The lowest BCUT2D eigenvalue weighted by molar-refractivity contribution is 0.411. The standard InChI is InChI=1S/C12H15BrClNO.ClH/c13-8-5-6-9(14)10(12(8)16)11(15)7-3-1-2-4-7;/h5-7,11,16H,1-4,15H2;1H/t11-;/m0./s1. The number of hydrogen-bond acceptors (Lipinski definition) is 2. The number of benzene rings is 1. The molecule has 1 atom stereocenters. The SMILES string of the molecule is Cl.N[C@H](c1c(Cl)ccc(Br)c1O)C1CCCC1. The molecule has 0 unspecified atom stereocenters. The van der Waals surface area contributed by atoms with Gasteiger partial charge in [-0.25, -0.2) is 0 Å². The van der Waals surface area contributed by atoms with Crippen LogP contribution in [0.25, 0.3) is 0 Å². The van der Waals surface area contributed by atoms with Crippen LogP contribution < -0.4 is 5.73 Å². The molecular weight excluding hydrogens is 325 g/mol. The minimum absolute atomic E-state index is 0. The maximum atomic E-state index is 10.00. The Kier molecular flexibility index (Phi) is 5.58. The molecule has 0 heterocycles. The van der Waals surface area contributed by atoms with E-state index in [4.69, 9.17) is 17.3 Å². The van der Waals surface area contributed by atoms with Crippen LogP contribution >= 0.6 is 39.9 Å². The van der Waals surface area contributed by atoms with Crippen LogP contribution in [-0.2, 0) is 0 Å². The van der Waals surface area contributed by atoms with E-state index in [1.54, 1.807) is 12.1 Å². The summed E-state index contributed by atoms with van der Waals surface area (Å²) in [7, 11) is 0. The van der Waals surface area contributed by atoms with Gasteiger partial charge in [0.2, 0.25) is 0 Å². The van der Waals surface area contributed by atoms with Crippen LogP contribution in [0.3, 0.4) is 0 Å². The molecule has 3 N–H and O–H groups in total. The van der Waals surface area contributed by atoms with Crippen LogP contribution in [0.5, 0.6) is 5.75 Å². The van der Waals surface area contributed by atoms with Crippen molar-refractivity contribution in [3.63, 3.8) is 0 Å². The first-order valence-corrected chi connectivity index (χ1v) is 6.71. The summed E-state index contributed by atoms with van der Waals surface area (Å²) in [6, 6.07) is 3.35. The molecule has 1 aromatic rings. The highest BCUT2D eigenvalue weighted by Gasteiger charge is 2.27. The number of phenolic OH excluding ortho intramolecular Hbond substituents is 1. The summed E-state index contributed by atoms with van der Waals surface area (Å²) in [4.78, 5) is 0. The van der Waals surface area contributed by atoms with Crippen LogP contribution in [0, 0.1) is 5.92 Å². The van der Waals surface area contributed by atoms with E-state index in [1.165, 1.54) is 12.8 Å². The Balaban J connectivity index is 0.00000144. The second-order valence-corrected chi connectivity index (χ2v) is 5.62. The second kappa shape index (κ2) is 6.28. The van der Waals surface area contributed by atoms with Gasteiger partial charge in [-0.15, -0.1) is 12.4 Å². The molecule has 0 spiro atoms. The third-order valence-electron chi connectivity index (χ3n) is 3.36. The minimum Gasteiger partial charge on any atom is -0.506 e. The Morgan fingerprint density at radius 1 is 1.35 bits per heavy atom. The van der Waals surface area contributed by atoms with E-state index < -0.39 is 0 Å². The summed E-state index contributed by atoms with van der Waals surface area (Å²) in [6.45, 7) is 0. The van der Waals surface area contributed by atoms with Crippen molar-refractivity contribution in [1.82, 2.24) is 0 Å². The van der Waals surface area contributed by atoms with Gasteiger partial charge in [0.25, 0.3) is 0 Å². The Labute approximate surface area is 121 Å². The Hall–Kier alpha value is 0.0400. The highest BCUT2D eigenvalue weighted by Crippen LogP contribution is 2.42. The van der Waals surface area contributed by atoms with Crippen molar-refractivity contribution in [2.24, 2.45) is 11.7 Å². The van der Waals surface area contributed by atoms with E-state index >= 15 is 0 Å². The lowest BCUT2D eigenvalue weighted by atomic mass is 9.92. The fourth-order valence-electron chi connectivity index (χ4n) is 2.43. The summed E-state index contributed by atoms with van der Waals surface area (Å²) < 4.78 is 0.653. The molecule has 0 radical (unpaired) electrons.